The Kier molecular flexibility index (Phi) is 5.29. The third-order valence-electron chi connectivity index (χ3n) is 5.80. The molecule has 0 bridgehead atoms. The van der Waals surface area contributed by atoms with Crippen LogP contribution in [0.5, 0.6) is 0 Å². The lowest BCUT2D eigenvalue weighted by atomic mass is 9.99. The zero-order valence-electron chi connectivity index (χ0n) is 17.3. The number of thiophene rings is 1. The number of hydrogen-bond donors (Lipinski definition) is 3. The van der Waals surface area contributed by atoms with E-state index in [0.29, 0.717) is 4.88 Å². The Bertz CT molecular complexity index is 1140. The molecule has 1 aromatic carbocycles. The lowest BCUT2D eigenvalue weighted by Crippen LogP contribution is -2.21. The topological polar surface area (TPSA) is 105 Å². The van der Waals surface area contributed by atoms with E-state index >= 15 is 0 Å². The van der Waals surface area contributed by atoms with Crippen LogP contribution >= 0.6 is 11.3 Å². The van der Waals surface area contributed by atoms with Crippen LogP contribution in [0.4, 0.5) is 14.9 Å². The van der Waals surface area contributed by atoms with Crippen LogP contribution in [0.25, 0.3) is 0 Å². The Morgan fingerprint density at radius 3 is 2.30 bits per heavy atom. The predicted molar refractivity (Wildman–Crippen MR) is 117 cm³/mol. The second kappa shape index (κ2) is 7.40. The second-order valence-electron chi connectivity index (χ2n) is 8.52. The Labute approximate surface area is 180 Å². The number of aliphatic hydroxyl groups is 1. The summed E-state index contributed by atoms with van der Waals surface area (Å²) in [6.07, 6.45) is 5.79. The molecule has 2 aliphatic rings. The minimum Gasteiger partial charge on any atom is -0.386 e. The molecule has 2 amide bonds. The number of nitrogens with two attached hydrogens (primary N) is 1. The number of carbonyl (C=O) groups is 1. The second-order valence-corrected chi connectivity index (χ2v) is 11.7. The molecule has 1 heterocycles. The number of aryl methyl sites for hydroxylation is 3. The minimum atomic E-state index is -3.81. The molecule has 0 spiro atoms. The average Bonchev–Trinajstić information content (AvgIpc) is 3.31. The summed E-state index contributed by atoms with van der Waals surface area (Å²) in [5.41, 5.74) is 4.04. The number of anilines is 1. The van der Waals surface area contributed by atoms with Gasteiger partial charge in [0, 0.05) is 16.1 Å². The molecule has 9 heteroatoms. The molecule has 0 radical (unpaired) electrons. The van der Waals surface area contributed by atoms with Gasteiger partial charge in [-0.05, 0) is 81.5 Å². The number of rotatable bonds is 3. The fraction of sp³-hybridized carbons (Fsp3) is 0.476. The van der Waals surface area contributed by atoms with Gasteiger partial charge in [-0.25, -0.2) is 18.5 Å². The number of benzene rings is 1. The standard InChI is InChI=1S/C21H26FN3O3S2/c1-11-16(21(2,3)27)17(22)19(29-11)30(23,28)25-20(26)24-18-14-8-4-6-12(14)10-13-7-5-9-15(13)18/h10,27H,4-9H2,1-3H3,(H3,23,24,25,26,28). The minimum absolute atomic E-state index is 0.0231. The van der Waals surface area contributed by atoms with E-state index in [4.69, 9.17) is 5.14 Å². The Hall–Kier alpha value is -1.81. The van der Waals surface area contributed by atoms with Crippen LogP contribution in [0.15, 0.2) is 14.6 Å². The highest BCUT2D eigenvalue weighted by molar-refractivity contribution is 7.93. The number of hydrogen-bond acceptors (Lipinski definition) is 4. The SMILES string of the molecule is Cc1sc(S(N)(=O)=NC(=O)Nc2c3c(cc4c2CCC4)CCC3)c(F)c1C(C)(C)O. The predicted octanol–water partition coefficient (Wildman–Crippen LogP) is 4.33. The van der Waals surface area contributed by atoms with Gasteiger partial charge in [-0.1, -0.05) is 6.07 Å². The Morgan fingerprint density at radius 2 is 1.80 bits per heavy atom. The van der Waals surface area contributed by atoms with E-state index in [0.717, 1.165) is 66.7 Å². The summed E-state index contributed by atoms with van der Waals surface area (Å²) in [7, 11) is -3.81. The number of urea groups is 1. The number of nitrogens with one attached hydrogen (secondary N) is 1. The molecule has 2 aliphatic carbocycles. The van der Waals surface area contributed by atoms with Crippen LogP contribution in [0, 0.1) is 12.7 Å². The molecule has 4 N–H and O–H groups in total. The first-order valence-electron chi connectivity index (χ1n) is 10.0. The van der Waals surface area contributed by atoms with Crippen molar-refractivity contribution < 1.29 is 18.5 Å². The molecule has 162 valence electrons. The molecule has 1 aromatic heterocycles. The maximum absolute atomic E-state index is 14.9. The summed E-state index contributed by atoms with van der Waals surface area (Å²) < 4.78 is 31.3. The fourth-order valence-electron chi connectivity index (χ4n) is 4.64. The third kappa shape index (κ3) is 3.68. The van der Waals surface area contributed by atoms with Gasteiger partial charge in [0.05, 0.1) is 5.60 Å². The van der Waals surface area contributed by atoms with Gasteiger partial charge in [0.15, 0.2) is 19.9 Å². The smallest absolute Gasteiger partial charge is 0.354 e. The first kappa shape index (κ1) is 21.4. The van der Waals surface area contributed by atoms with Gasteiger partial charge in [-0.2, -0.15) is 0 Å². The van der Waals surface area contributed by atoms with Gasteiger partial charge in [0.2, 0.25) is 0 Å². The van der Waals surface area contributed by atoms with E-state index in [9.17, 15) is 18.5 Å². The van der Waals surface area contributed by atoms with Crippen molar-refractivity contribution in [2.45, 2.75) is 69.1 Å². The number of nitrogens with zero attached hydrogens (tertiary/aromatic N) is 1. The van der Waals surface area contributed by atoms with Crippen LogP contribution in [-0.4, -0.2) is 15.3 Å². The summed E-state index contributed by atoms with van der Waals surface area (Å²) in [6.45, 7) is 4.48. The Balaban J connectivity index is 1.71. The molecular weight excluding hydrogens is 425 g/mol. The molecule has 1 unspecified atom stereocenters. The molecule has 1 atom stereocenters. The molecule has 6 nitrogen and oxygen atoms in total. The number of halogens is 1. The van der Waals surface area contributed by atoms with Crippen molar-refractivity contribution in [1.82, 2.24) is 0 Å². The molecule has 0 saturated heterocycles. The maximum atomic E-state index is 14.9. The van der Waals surface area contributed by atoms with Crippen molar-refractivity contribution in [1.29, 1.82) is 0 Å². The van der Waals surface area contributed by atoms with Gasteiger partial charge < -0.3 is 10.4 Å². The van der Waals surface area contributed by atoms with Crippen LogP contribution in [-0.2, 0) is 41.2 Å². The largest absolute Gasteiger partial charge is 0.386 e. The van der Waals surface area contributed by atoms with E-state index in [-0.39, 0.29) is 9.77 Å². The highest BCUT2D eigenvalue weighted by Gasteiger charge is 2.31. The molecule has 0 saturated carbocycles. The summed E-state index contributed by atoms with van der Waals surface area (Å²) in [5.74, 6) is -0.865. The summed E-state index contributed by atoms with van der Waals surface area (Å²) in [4.78, 5) is 13.1. The van der Waals surface area contributed by atoms with Crippen LogP contribution < -0.4 is 10.5 Å². The van der Waals surface area contributed by atoms with Crippen LogP contribution in [0.1, 0.15) is 59.4 Å². The molecule has 0 fully saturated rings. The van der Waals surface area contributed by atoms with E-state index in [1.54, 1.807) is 6.92 Å². The maximum Gasteiger partial charge on any atom is 0.354 e. The van der Waals surface area contributed by atoms with E-state index in [1.807, 2.05) is 0 Å². The first-order valence-corrected chi connectivity index (χ1v) is 12.4. The van der Waals surface area contributed by atoms with Gasteiger partial charge >= 0.3 is 6.03 Å². The van der Waals surface area contributed by atoms with Crippen LogP contribution in [0.2, 0.25) is 0 Å². The number of fused-ring (bicyclic) bond motifs is 2. The third-order valence-corrected chi connectivity index (χ3v) is 8.79. The highest BCUT2D eigenvalue weighted by Crippen LogP contribution is 2.39. The van der Waals surface area contributed by atoms with E-state index < -0.39 is 27.4 Å². The lowest BCUT2D eigenvalue weighted by Gasteiger charge is -2.17. The summed E-state index contributed by atoms with van der Waals surface area (Å²) in [6, 6.07) is 1.40. The average molecular weight is 452 g/mol. The van der Waals surface area contributed by atoms with Gasteiger partial charge in [0.25, 0.3) is 0 Å². The monoisotopic (exact) mass is 451 g/mol. The first-order chi connectivity index (χ1) is 14.0. The van der Waals surface area contributed by atoms with Crippen LogP contribution in [0.3, 0.4) is 0 Å². The number of carbonyl (C=O) groups excluding carboxylic acids is 1. The zero-order chi connectivity index (χ0) is 21.8. The molecule has 4 rings (SSSR count). The van der Waals surface area contributed by atoms with E-state index in [1.165, 1.54) is 25.0 Å². The van der Waals surface area contributed by atoms with Crippen molar-refractivity contribution in [3.8, 4) is 0 Å². The normalized spacial score (nSPS) is 17.4. The zero-order valence-corrected chi connectivity index (χ0v) is 18.9. The van der Waals surface area contributed by atoms with Gasteiger partial charge in [-0.3, -0.25) is 0 Å². The Morgan fingerprint density at radius 1 is 1.23 bits per heavy atom. The van der Waals surface area contributed by atoms with Crippen molar-refractivity contribution in [2.24, 2.45) is 9.50 Å². The quantitative estimate of drug-likeness (QED) is 0.647. The van der Waals surface area contributed by atoms with Crippen molar-refractivity contribution in [2.75, 3.05) is 5.32 Å². The van der Waals surface area contributed by atoms with Crippen molar-refractivity contribution in [3.63, 3.8) is 0 Å². The molecule has 2 aromatic rings. The van der Waals surface area contributed by atoms with E-state index in [2.05, 4.69) is 15.7 Å². The fourth-order valence-corrected chi connectivity index (χ4v) is 7.25. The molecular formula is C21H26FN3O3S2. The summed E-state index contributed by atoms with van der Waals surface area (Å²) >= 11 is 0.854. The molecule has 0 aliphatic heterocycles. The van der Waals surface area contributed by atoms with Crippen molar-refractivity contribution >= 4 is 33.0 Å². The summed E-state index contributed by atoms with van der Waals surface area (Å²) in [5, 5.41) is 18.9. The molecule has 30 heavy (non-hydrogen) atoms. The van der Waals surface area contributed by atoms with Gasteiger partial charge in [-0.15, -0.1) is 15.7 Å². The highest BCUT2D eigenvalue weighted by atomic mass is 32.2. The number of amides is 2. The van der Waals surface area contributed by atoms with Gasteiger partial charge in [0.1, 0.15) is 0 Å². The van der Waals surface area contributed by atoms with Crippen molar-refractivity contribution in [3.05, 3.63) is 44.6 Å². The lowest BCUT2D eigenvalue weighted by molar-refractivity contribution is 0.0742.